The molecule has 0 spiro atoms. The Labute approximate surface area is 132 Å². The van der Waals surface area contributed by atoms with Gasteiger partial charge in [0, 0.05) is 19.6 Å². The van der Waals surface area contributed by atoms with Gasteiger partial charge in [0.2, 0.25) is 0 Å². The van der Waals surface area contributed by atoms with Crippen LogP contribution in [0.1, 0.15) is 18.4 Å². The SMILES string of the molecule is c1ccc(Oc2cccc(CNCCN3CCCC3)c2)cc1. The third-order valence-corrected chi connectivity index (χ3v) is 4.01. The summed E-state index contributed by atoms with van der Waals surface area (Å²) in [6.07, 6.45) is 2.72. The summed E-state index contributed by atoms with van der Waals surface area (Å²) in [5.41, 5.74) is 1.26. The quantitative estimate of drug-likeness (QED) is 0.789. The van der Waals surface area contributed by atoms with Crippen molar-refractivity contribution in [3.8, 4) is 11.5 Å². The summed E-state index contributed by atoms with van der Waals surface area (Å²) in [6.45, 7) is 5.62. The summed E-state index contributed by atoms with van der Waals surface area (Å²) in [6, 6.07) is 18.2. The van der Waals surface area contributed by atoms with Crippen molar-refractivity contribution in [1.82, 2.24) is 10.2 Å². The van der Waals surface area contributed by atoms with Crippen molar-refractivity contribution in [3.63, 3.8) is 0 Å². The minimum Gasteiger partial charge on any atom is -0.457 e. The Kier molecular flexibility index (Phi) is 5.46. The highest BCUT2D eigenvalue weighted by atomic mass is 16.5. The molecule has 0 radical (unpaired) electrons. The van der Waals surface area contributed by atoms with Gasteiger partial charge in [0.25, 0.3) is 0 Å². The molecule has 0 unspecified atom stereocenters. The molecular formula is C19H24N2O. The van der Waals surface area contributed by atoms with E-state index in [1.807, 2.05) is 36.4 Å². The van der Waals surface area contributed by atoms with Gasteiger partial charge < -0.3 is 15.0 Å². The molecule has 1 aliphatic heterocycles. The summed E-state index contributed by atoms with van der Waals surface area (Å²) < 4.78 is 5.87. The van der Waals surface area contributed by atoms with Crippen LogP contribution >= 0.6 is 0 Å². The summed E-state index contributed by atoms with van der Waals surface area (Å²) >= 11 is 0. The second-order valence-corrected chi connectivity index (χ2v) is 5.79. The van der Waals surface area contributed by atoms with E-state index in [1.54, 1.807) is 0 Å². The smallest absolute Gasteiger partial charge is 0.127 e. The molecule has 1 heterocycles. The molecule has 2 aromatic rings. The van der Waals surface area contributed by atoms with Crippen molar-refractivity contribution in [3.05, 3.63) is 60.2 Å². The molecule has 0 aliphatic carbocycles. The predicted molar refractivity (Wildman–Crippen MR) is 90.3 cm³/mol. The maximum Gasteiger partial charge on any atom is 0.127 e. The standard InChI is InChI=1S/C19H24N2O/c1-2-8-18(9-3-1)22-19-10-6-7-17(15-19)16-20-11-14-21-12-4-5-13-21/h1-3,6-10,15,20H,4-5,11-14,16H2. The van der Waals surface area contributed by atoms with Crippen molar-refractivity contribution in [2.24, 2.45) is 0 Å². The highest BCUT2D eigenvalue weighted by Crippen LogP contribution is 2.21. The van der Waals surface area contributed by atoms with Gasteiger partial charge in [-0.3, -0.25) is 0 Å². The molecule has 1 fully saturated rings. The fourth-order valence-corrected chi connectivity index (χ4v) is 2.82. The molecule has 22 heavy (non-hydrogen) atoms. The van der Waals surface area contributed by atoms with Crippen molar-refractivity contribution >= 4 is 0 Å². The van der Waals surface area contributed by atoms with Gasteiger partial charge >= 0.3 is 0 Å². The highest BCUT2D eigenvalue weighted by Gasteiger charge is 2.09. The van der Waals surface area contributed by atoms with Crippen LogP contribution in [-0.4, -0.2) is 31.1 Å². The third-order valence-electron chi connectivity index (χ3n) is 4.01. The Morgan fingerprint density at radius 3 is 2.50 bits per heavy atom. The van der Waals surface area contributed by atoms with Gasteiger partial charge in [-0.1, -0.05) is 30.3 Å². The second-order valence-electron chi connectivity index (χ2n) is 5.79. The number of nitrogens with one attached hydrogen (secondary N) is 1. The first kappa shape index (κ1) is 15.1. The van der Waals surface area contributed by atoms with E-state index < -0.39 is 0 Å². The zero-order valence-electron chi connectivity index (χ0n) is 13.0. The molecule has 116 valence electrons. The molecule has 3 heteroatoms. The molecule has 0 atom stereocenters. The first-order chi connectivity index (χ1) is 10.9. The van der Waals surface area contributed by atoms with Gasteiger partial charge in [0.15, 0.2) is 0 Å². The third kappa shape index (κ3) is 4.58. The van der Waals surface area contributed by atoms with Crippen LogP contribution in [0.2, 0.25) is 0 Å². The van der Waals surface area contributed by atoms with Crippen LogP contribution < -0.4 is 10.1 Å². The minimum atomic E-state index is 0.877. The zero-order valence-corrected chi connectivity index (χ0v) is 13.0. The number of benzene rings is 2. The van der Waals surface area contributed by atoms with E-state index in [9.17, 15) is 0 Å². The number of para-hydroxylation sites is 1. The average Bonchev–Trinajstić information content (AvgIpc) is 3.06. The van der Waals surface area contributed by atoms with Crippen molar-refractivity contribution in [2.75, 3.05) is 26.2 Å². The number of nitrogens with zero attached hydrogens (tertiary/aromatic N) is 1. The van der Waals surface area contributed by atoms with E-state index in [0.29, 0.717) is 0 Å². The molecule has 0 saturated carbocycles. The lowest BCUT2D eigenvalue weighted by Gasteiger charge is -2.15. The molecule has 0 aromatic heterocycles. The van der Waals surface area contributed by atoms with E-state index in [1.165, 1.54) is 31.5 Å². The lowest BCUT2D eigenvalue weighted by Crippen LogP contribution is -2.29. The Morgan fingerprint density at radius 1 is 0.909 bits per heavy atom. The number of hydrogen-bond donors (Lipinski definition) is 1. The van der Waals surface area contributed by atoms with Crippen LogP contribution in [0.3, 0.4) is 0 Å². The van der Waals surface area contributed by atoms with Crippen LogP contribution in [0.5, 0.6) is 11.5 Å². The normalized spacial score (nSPS) is 15.1. The molecule has 3 rings (SSSR count). The molecule has 3 nitrogen and oxygen atoms in total. The largest absolute Gasteiger partial charge is 0.457 e. The van der Waals surface area contributed by atoms with E-state index in [4.69, 9.17) is 4.74 Å². The molecule has 1 saturated heterocycles. The van der Waals surface area contributed by atoms with Crippen molar-refractivity contribution < 1.29 is 4.74 Å². The van der Waals surface area contributed by atoms with Gasteiger partial charge in [-0.2, -0.15) is 0 Å². The van der Waals surface area contributed by atoms with Crippen LogP contribution in [-0.2, 0) is 6.54 Å². The van der Waals surface area contributed by atoms with Crippen LogP contribution in [0.15, 0.2) is 54.6 Å². The maximum absolute atomic E-state index is 5.87. The van der Waals surface area contributed by atoms with Gasteiger partial charge in [0.05, 0.1) is 0 Å². The number of hydrogen-bond acceptors (Lipinski definition) is 3. The van der Waals surface area contributed by atoms with E-state index in [2.05, 4.69) is 28.4 Å². The lowest BCUT2D eigenvalue weighted by molar-refractivity contribution is 0.335. The fraction of sp³-hybridized carbons (Fsp3) is 0.368. The molecule has 0 bridgehead atoms. The number of likely N-dealkylation sites (tertiary alicyclic amines) is 1. The van der Waals surface area contributed by atoms with Crippen LogP contribution in [0, 0.1) is 0 Å². The van der Waals surface area contributed by atoms with E-state index in [-0.39, 0.29) is 0 Å². The topological polar surface area (TPSA) is 24.5 Å². The van der Waals surface area contributed by atoms with Crippen molar-refractivity contribution in [2.45, 2.75) is 19.4 Å². The Morgan fingerprint density at radius 2 is 1.68 bits per heavy atom. The Balaban J connectivity index is 1.46. The molecule has 0 amide bonds. The summed E-state index contributed by atoms with van der Waals surface area (Å²) in [5.74, 6) is 1.77. The number of rotatable bonds is 7. The van der Waals surface area contributed by atoms with Gasteiger partial charge in [-0.05, 0) is 55.8 Å². The van der Waals surface area contributed by atoms with E-state index in [0.717, 1.165) is 31.1 Å². The molecule has 1 N–H and O–H groups in total. The molecule has 2 aromatic carbocycles. The van der Waals surface area contributed by atoms with Crippen LogP contribution in [0.4, 0.5) is 0 Å². The number of ether oxygens (including phenoxy) is 1. The predicted octanol–water partition coefficient (Wildman–Crippen LogP) is 3.66. The lowest BCUT2D eigenvalue weighted by atomic mass is 10.2. The monoisotopic (exact) mass is 296 g/mol. The van der Waals surface area contributed by atoms with Crippen molar-refractivity contribution in [1.29, 1.82) is 0 Å². The summed E-state index contributed by atoms with van der Waals surface area (Å²) in [7, 11) is 0. The van der Waals surface area contributed by atoms with Gasteiger partial charge in [-0.15, -0.1) is 0 Å². The molecule has 1 aliphatic rings. The highest BCUT2D eigenvalue weighted by molar-refractivity contribution is 5.33. The second kappa shape index (κ2) is 7.97. The summed E-state index contributed by atoms with van der Waals surface area (Å²) in [5, 5.41) is 3.52. The summed E-state index contributed by atoms with van der Waals surface area (Å²) in [4.78, 5) is 2.53. The van der Waals surface area contributed by atoms with Gasteiger partial charge in [0.1, 0.15) is 11.5 Å². The average molecular weight is 296 g/mol. The molecular weight excluding hydrogens is 272 g/mol. The van der Waals surface area contributed by atoms with Crippen LogP contribution in [0.25, 0.3) is 0 Å². The van der Waals surface area contributed by atoms with E-state index >= 15 is 0 Å². The van der Waals surface area contributed by atoms with Gasteiger partial charge in [-0.25, -0.2) is 0 Å². The first-order valence-electron chi connectivity index (χ1n) is 8.15. The fourth-order valence-electron chi connectivity index (χ4n) is 2.82. The minimum absolute atomic E-state index is 0.877. The Bertz CT molecular complexity index is 565. The zero-order chi connectivity index (χ0) is 15.0. The maximum atomic E-state index is 5.87. The Hall–Kier alpha value is -1.84. The first-order valence-corrected chi connectivity index (χ1v) is 8.15.